The minimum atomic E-state index is -0.946. The summed E-state index contributed by atoms with van der Waals surface area (Å²) in [6.45, 7) is 6.12. The maximum Gasteiger partial charge on any atom is 0.174 e. The van der Waals surface area contributed by atoms with Crippen molar-refractivity contribution in [1.82, 2.24) is 0 Å². The molecule has 0 bridgehead atoms. The molecule has 6 heteroatoms. The lowest BCUT2D eigenvalue weighted by molar-refractivity contribution is -0.118. The maximum atomic E-state index is 14.4. The molecular formula is C33H34N2O4. The van der Waals surface area contributed by atoms with Gasteiger partial charge in [0, 0.05) is 40.4 Å². The monoisotopic (exact) mass is 522 g/mol. The number of aryl methyl sites for hydroxylation is 1. The number of Topliss-reactive ketones (excluding diaryl/α,β-unsaturated/α-hetero) is 2. The fourth-order valence-corrected chi connectivity index (χ4v) is 5.93. The van der Waals surface area contributed by atoms with E-state index in [2.05, 4.69) is 13.8 Å². The van der Waals surface area contributed by atoms with Gasteiger partial charge in [-0.15, -0.1) is 0 Å². The number of rotatable bonds is 6. The minimum absolute atomic E-state index is 0.00809. The van der Waals surface area contributed by atoms with Crippen LogP contribution < -0.4 is 14.4 Å². The first-order valence-electron chi connectivity index (χ1n) is 13.2. The molecule has 2 aliphatic rings. The van der Waals surface area contributed by atoms with Crippen molar-refractivity contribution in [3.8, 4) is 11.5 Å². The fourth-order valence-electron chi connectivity index (χ4n) is 5.93. The van der Waals surface area contributed by atoms with Crippen LogP contribution in [0.5, 0.6) is 11.5 Å². The molecule has 3 aromatic carbocycles. The van der Waals surface area contributed by atoms with E-state index in [1.807, 2.05) is 60.4 Å². The quantitative estimate of drug-likeness (QED) is 0.363. The summed E-state index contributed by atoms with van der Waals surface area (Å²) in [5.41, 5.74) is 4.03. The van der Waals surface area contributed by atoms with Crippen molar-refractivity contribution in [2.24, 2.45) is 11.3 Å². The Bertz CT molecular complexity index is 1470. The lowest BCUT2D eigenvalue weighted by atomic mass is 9.64. The SMILES string of the molecule is COc1ccc(OC)c(C2C3=C(CC(C)(C)CC3=O)N(c3ccccc3)C(=N)C2C(=O)c2ccc(C)cc2)c1. The van der Waals surface area contributed by atoms with E-state index < -0.39 is 11.8 Å². The molecule has 0 saturated heterocycles. The molecule has 6 nitrogen and oxygen atoms in total. The molecule has 1 aliphatic heterocycles. The molecular weight excluding hydrogens is 488 g/mol. The molecule has 2 unspecified atom stereocenters. The summed E-state index contributed by atoms with van der Waals surface area (Å²) < 4.78 is 11.3. The van der Waals surface area contributed by atoms with Crippen molar-refractivity contribution in [2.45, 2.75) is 39.5 Å². The zero-order valence-corrected chi connectivity index (χ0v) is 23.1. The summed E-state index contributed by atoms with van der Waals surface area (Å²) in [6.07, 6.45) is 0.954. The van der Waals surface area contributed by atoms with Crippen LogP contribution in [0.1, 0.15) is 54.1 Å². The Morgan fingerprint density at radius 1 is 0.949 bits per heavy atom. The smallest absolute Gasteiger partial charge is 0.174 e. The Morgan fingerprint density at radius 2 is 1.64 bits per heavy atom. The minimum Gasteiger partial charge on any atom is -0.497 e. The molecule has 1 heterocycles. The number of benzene rings is 3. The van der Waals surface area contributed by atoms with E-state index in [1.165, 1.54) is 0 Å². The number of nitrogens with one attached hydrogen (secondary N) is 1. The fraction of sp³-hybridized carbons (Fsp3) is 0.303. The van der Waals surface area contributed by atoms with Gasteiger partial charge in [-0.2, -0.15) is 0 Å². The Morgan fingerprint density at radius 3 is 2.28 bits per heavy atom. The lowest BCUT2D eigenvalue weighted by Gasteiger charge is -2.47. The second kappa shape index (κ2) is 10.2. The van der Waals surface area contributed by atoms with Crippen LogP contribution in [-0.2, 0) is 4.79 Å². The summed E-state index contributed by atoms with van der Waals surface area (Å²) in [5.74, 6) is -0.576. The van der Waals surface area contributed by atoms with Gasteiger partial charge in [0.25, 0.3) is 0 Å². The second-order valence-electron chi connectivity index (χ2n) is 11.2. The summed E-state index contributed by atoms with van der Waals surface area (Å²) in [7, 11) is 3.16. The predicted octanol–water partition coefficient (Wildman–Crippen LogP) is 6.74. The molecule has 0 aromatic heterocycles. The van der Waals surface area contributed by atoms with E-state index in [0.717, 1.165) is 16.9 Å². The first-order chi connectivity index (χ1) is 18.6. The molecule has 0 saturated carbocycles. The van der Waals surface area contributed by atoms with E-state index in [9.17, 15) is 15.0 Å². The van der Waals surface area contributed by atoms with E-state index in [1.54, 1.807) is 38.5 Å². The van der Waals surface area contributed by atoms with Gasteiger partial charge in [0.2, 0.25) is 0 Å². The molecule has 0 radical (unpaired) electrons. The molecule has 3 aromatic rings. The van der Waals surface area contributed by atoms with E-state index in [-0.39, 0.29) is 22.8 Å². The van der Waals surface area contributed by atoms with Gasteiger partial charge in [0.15, 0.2) is 11.6 Å². The number of amidine groups is 1. The topological polar surface area (TPSA) is 79.7 Å². The van der Waals surface area contributed by atoms with Crippen LogP contribution in [0.15, 0.2) is 84.1 Å². The van der Waals surface area contributed by atoms with Crippen molar-refractivity contribution >= 4 is 23.1 Å². The van der Waals surface area contributed by atoms with Crippen molar-refractivity contribution < 1.29 is 19.1 Å². The highest BCUT2D eigenvalue weighted by atomic mass is 16.5. The van der Waals surface area contributed by atoms with Crippen LogP contribution in [-0.4, -0.2) is 31.6 Å². The number of carbonyl (C=O) groups is 2. The first-order valence-corrected chi connectivity index (χ1v) is 13.2. The Balaban J connectivity index is 1.83. The van der Waals surface area contributed by atoms with Crippen LogP contribution in [0.3, 0.4) is 0 Å². The molecule has 0 amide bonds. The van der Waals surface area contributed by atoms with Crippen LogP contribution in [0, 0.1) is 23.7 Å². The molecule has 2 atom stereocenters. The van der Waals surface area contributed by atoms with Crippen molar-refractivity contribution in [3.63, 3.8) is 0 Å². The highest BCUT2D eigenvalue weighted by molar-refractivity contribution is 6.21. The van der Waals surface area contributed by atoms with Gasteiger partial charge in [-0.05, 0) is 49.1 Å². The number of allylic oxidation sites excluding steroid dienone is 2. The number of ether oxygens (including phenoxy) is 2. The number of hydrogen-bond acceptors (Lipinski definition) is 5. The van der Waals surface area contributed by atoms with Crippen LogP contribution in [0.25, 0.3) is 0 Å². The molecule has 0 spiro atoms. The van der Waals surface area contributed by atoms with E-state index in [4.69, 9.17) is 9.47 Å². The van der Waals surface area contributed by atoms with E-state index in [0.29, 0.717) is 41.0 Å². The number of carbonyl (C=O) groups excluding carboxylic acids is 2. The third kappa shape index (κ3) is 4.76. The first kappa shape index (κ1) is 26.4. The zero-order valence-electron chi connectivity index (χ0n) is 23.1. The van der Waals surface area contributed by atoms with Gasteiger partial charge < -0.3 is 14.4 Å². The third-order valence-electron chi connectivity index (χ3n) is 7.75. The van der Waals surface area contributed by atoms with E-state index >= 15 is 0 Å². The maximum absolute atomic E-state index is 14.4. The molecule has 200 valence electrons. The molecule has 39 heavy (non-hydrogen) atoms. The average molecular weight is 523 g/mol. The molecule has 0 fully saturated rings. The van der Waals surface area contributed by atoms with Gasteiger partial charge in [0.1, 0.15) is 17.3 Å². The number of para-hydroxylation sites is 1. The lowest BCUT2D eigenvalue weighted by Crippen LogP contribution is -2.50. The van der Waals surface area contributed by atoms with Gasteiger partial charge in [-0.3, -0.25) is 15.0 Å². The second-order valence-corrected chi connectivity index (χ2v) is 11.2. The number of hydrogen-bond donors (Lipinski definition) is 1. The molecule has 1 aliphatic carbocycles. The summed E-state index contributed by atoms with van der Waals surface area (Å²) in [4.78, 5) is 30.3. The predicted molar refractivity (Wildman–Crippen MR) is 153 cm³/mol. The Kier molecular flexibility index (Phi) is 6.89. The van der Waals surface area contributed by atoms with Crippen LogP contribution in [0.4, 0.5) is 5.69 Å². The summed E-state index contributed by atoms with van der Waals surface area (Å²) in [5, 5.41) is 9.57. The largest absolute Gasteiger partial charge is 0.497 e. The van der Waals surface area contributed by atoms with Crippen LogP contribution >= 0.6 is 0 Å². The van der Waals surface area contributed by atoms with Gasteiger partial charge in [0.05, 0.1) is 20.1 Å². The van der Waals surface area contributed by atoms with Crippen molar-refractivity contribution in [1.29, 1.82) is 5.41 Å². The van der Waals surface area contributed by atoms with Crippen molar-refractivity contribution in [2.75, 3.05) is 19.1 Å². The highest BCUT2D eigenvalue weighted by Gasteiger charge is 2.51. The molecule has 5 rings (SSSR count). The number of nitrogens with zero attached hydrogens (tertiary/aromatic N) is 1. The summed E-state index contributed by atoms with van der Waals surface area (Å²) >= 11 is 0. The van der Waals surface area contributed by atoms with Gasteiger partial charge >= 0.3 is 0 Å². The Hall–Kier alpha value is -4.19. The highest BCUT2D eigenvalue weighted by Crippen LogP contribution is 2.52. The van der Waals surface area contributed by atoms with Crippen LogP contribution in [0.2, 0.25) is 0 Å². The van der Waals surface area contributed by atoms with Crippen molar-refractivity contribution in [3.05, 3.63) is 101 Å². The third-order valence-corrected chi connectivity index (χ3v) is 7.75. The standard InChI is InChI=1S/C33H34N2O4/c1-20-11-13-21(14-12-20)31(37)30-28(24-17-23(38-4)15-16-27(24)39-5)29-25(18-33(2,3)19-26(29)36)35(32(30)34)22-9-7-6-8-10-22/h6-17,28,30,34H,18-19H2,1-5H3. The molecule has 1 N–H and O–H groups in total. The Labute approximate surface area is 229 Å². The van der Waals surface area contributed by atoms with Gasteiger partial charge in [-0.25, -0.2) is 0 Å². The average Bonchev–Trinajstić information content (AvgIpc) is 2.92. The normalized spacial score (nSPS) is 20.5. The zero-order chi connectivity index (χ0) is 27.9. The summed E-state index contributed by atoms with van der Waals surface area (Å²) in [6, 6.07) is 22.4. The number of ketones is 2. The number of methoxy groups -OCH3 is 2. The number of anilines is 1. The van der Waals surface area contributed by atoms with Gasteiger partial charge in [-0.1, -0.05) is 61.9 Å².